The van der Waals surface area contributed by atoms with Crippen LogP contribution in [0, 0.1) is 0 Å². The molecule has 0 saturated carbocycles. The van der Waals surface area contributed by atoms with Crippen LogP contribution in [0.25, 0.3) is 0 Å². The predicted octanol–water partition coefficient (Wildman–Crippen LogP) is 1.82. The summed E-state index contributed by atoms with van der Waals surface area (Å²) < 4.78 is 1.89. The second-order valence-corrected chi connectivity index (χ2v) is 6.45. The molecule has 1 aliphatic rings. The smallest absolute Gasteiger partial charge is 0.0522 e. The summed E-state index contributed by atoms with van der Waals surface area (Å²) in [6, 6.07) is 0.690. The van der Waals surface area contributed by atoms with Crippen LogP contribution in [0.4, 0.5) is 0 Å². The molecule has 1 unspecified atom stereocenters. The Hall–Kier alpha value is -0.870. The molecule has 0 bridgehead atoms. The van der Waals surface area contributed by atoms with Crippen molar-refractivity contribution in [3.63, 3.8) is 0 Å². The van der Waals surface area contributed by atoms with Crippen LogP contribution in [-0.4, -0.2) is 45.9 Å². The Morgan fingerprint density at radius 3 is 2.89 bits per heavy atom. The highest BCUT2D eigenvalue weighted by atomic mass is 15.3. The highest BCUT2D eigenvalue weighted by Crippen LogP contribution is 2.18. The fraction of sp³-hybridized carbons (Fsp3) is 0.800. The molecule has 19 heavy (non-hydrogen) atoms. The molecule has 1 fully saturated rings. The van der Waals surface area contributed by atoms with Crippen LogP contribution in [0.1, 0.15) is 39.2 Å². The summed E-state index contributed by atoms with van der Waals surface area (Å²) in [6.07, 6.45) is 7.76. The first-order valence-corrected chi connectivity index (χ1v) is 7.47. The van der Waals surface area contributed by atoms with Crippen LogP contribution in [0.5, 0.6) is 0 Å². The van der Waals surface area contributed by atoms with Gasteiger partial charge in [-0.15, -0.1) is 0 Å². The van der Waals surface area contributed by atoms with Crippen molar-refractivity contribution in [3.8, 4) is 0 Å². The molecule has 1 aliphatic heterocycles. The molecule has 0 spiro atoms. The normalized spacial score (nSPS) is 23.7. The lowest BCUT2D eigenvalue weighted by molar-refractivity contribution is 0.0907. The minimum Gasteiger partial charge on any atom is -0.309 e. The van der Waals surface area contributed by atoms with Crippen LogP contribution >= 0.6 is 0 Å². The van der Waals surface area contributed by atoms with E-state index >= 15 is 0 Å². The fourth-order valence-electron chi connectivity index (χ4n) is 2.97. The quantitative estimate of drug-likeness (QED) is 0.880. The lowest BCUT2D eigenvalue weighted by Crippen LogP contribution is -2.61. The van der Waals surface area contributed by atoms with Crippen molar-refractivity contribution in [1.29, 1.82) is 0 Å². The molecular formula is C15H28N4. The number of piperazine rings is 1. The SMILES string of the molecule is CCCC1CNC(C)(C)CN1CCc1cnn(C)c1. The Balaban J connectivity index is 1.93. The Morgan fingerprint density at radius 2 is 2.26 bits per heavy atom. The summed E-state index contributed by atoms with van der Waals surface area (Å²) in [7, 11) is 1.98. The van der Waals surface area contributed by atoms with Crippen molar-refractivity contribution in [3.05, 3.63) is 18.0 Å². The van der Waals surface area contributed by atoms with Gasteiger partial charge in [0, 0.05) is 44.5 Å². The minimum absolute atomic E-state index is 0.235. The van der Waals surface area contributed by atoms with Gasteiger partial charge >= 0.3 is 0 Å². The van der Waals surface area contributed by atoms with Crippen LogP contribution in [0.3, 0.4) is 0 Å². The largest absolute Gasteiger partial charge is 0.309 e. The van der Waals surface area contributed by atoms with Crippen molar-refractivity contribution in [2.24, 2.45) is 7.05 Å². The number of aromatic nitrogens is 2. The number of nitrogens with zero attached hydrogens (tertiary/aromatic N) is 3. The summed E-state index contributed by atoms with van der Waals surface area (Å²) in [5, 5.41) is 7.92. The second-order valence-electron chi connectivity index (χ2n) is 6.45. The molecule has 0 aliphatic carbocycles. The summed E-state index contributed by atoms with van der Waals surface area (Å²) >= 11 is 0. The maximum atomic E-state index is 4.25. The third-order valence-corrected chi connectivity index (χ3v) is 4.00. The number of aryl methyl sites for hydroxylation is 1. The second kappa shape index (κ2) is 6.06. The maximum absolute atomic E-state index is 4.25. The third-order valence-electron chi connectivity index (χ3n) is 4.00. The van der Waals surface area contributed by atoms with E-state index in [1.54, 1.807) is 0 Å². The molecule has 2 heterocycles. The monoisotopic (exact) mass is 264 g/mol. The third kappa shape index (κ3) is 4.05. The standard InChI is InChI=1S/C15H28N4/c1-5-6-14-10-16-15(2,3)12-19(14)8-7-13-9-17-18(4)11-13/h9,11,14,16H,5-8,10,12H2,1-4H3. The maximum Gasteiger partial charge on any atom is 0.0522 e. The number of rotatable bonds is 5. The molecule has 2 rings (SSSR count). The van der Waals surface area contributed by atoms with Crippen molar-refractivity contribution < 1.29 is 0 Å². The molecule has 0 aromatic carbocycles. The molecule has 4 heteroatoms. The van der Waals surface area contributed by atoms with Crippen molar-refractivity contribution in [2.75, 3.05) is 19.6 Å². The molecule has 1 saturated heterocycles. The highest BCUT2D eigenvalue weighted by molar-refractivity contribution is 5.04. The van der Waals surface area contributed by atoms with Gasteiger partial charge in [-0.1, -0.05) is 13.3 Å². The van der Waals surface area contributed by atoms with E-state index in [9.17, 15) is 0 Å². The van der Waals surface area contributed by atoms with E-state index in [-0.39, 0.29) is 5.54 Å². The molecule has 0 amide bonds. The lowest BCUT2D eigenvalue weighted by Gasteiger charge is -2.44. The van der Waals surface area contributed by atoms with Crippen LogP contribution < -0.4 is 5.32 Å². The first kappa shape index (κ1) is 14.5. The Morgan fingerprint density at radius 1 is 1.47 bits per heavy atom. The predicted molar refractivity (Wildman–Crippen MR) is 79.3 cm³/mol. The molecule has 108 valence electrons. The molecule has 1 atom stereocenters. The molecule has 0 radical (unpaired) electrons. The first-order valence-electron chi connectivity index (χ1n) is 7.47. The average Bonchev–Trinajstić information content (AvgIpc) is 2.75. The number of hydrogen-bond acceptors (Lipinski definition) is 3. The lowest BCUT2D eigenvalue weighted by atomic mass is 9.96. The zero-order chi connectivity index (χ0) is 13.9. The van der Waals surface area contributed by atoms with Crippen LogP contribution in [0.2, 0.25) is 0 Å². The van der Waals surface area contributed by atoms with E-state index in [1.165, 1.54) is 18.4 Å². The van der Waals surface area contributed by atoms with Crippen molar-refractivity contribution >= 4 is 0 Å². The van der Waals surface area contributed by atoms with Gasteiger partial charge < -0.3 is 5.32 Å². The Labute approximate surface area is 117 Å². The van der Waals surface area contributed by atoms with Crippen LogP contribution in [-0.2, 0) is 13.5 Å². The molecule has 1 aromatic rings. The summed E-state index contributed by atoms with van der Waals surface area (Å²) in [6.45, 7) is 10.3. The summed E-state index contributed by atoms with van der Waals surface area (Å²) in [5.41, 5.74) is 1.58. The van der Waals surface area contributed by atoms with E-state index in [0.29, 0.717) is 6.04 Å². The van der Waals surface area contributed by atoms with E-state index in [1.807, 2.05) is 17.9 Å². The van der Waals surface area contributed by atoms with E-state index in [4.69, 9.17) is 0 Å². The Bertz CT molecular complexity index is 397. The van der Waals surface area contributed by atoms with Crippen molar-refractivity contribution in [1.82, 2.24) is 20.0 Å². The molecule has 1 N–H and O–H groups in total. The topological polar surface area (TPSA) is 33.1 Å². The van der Waals surface area contributed by atoms with Crippen molar-refractivity contribution in [2.45, 2.75) is 51.6 Å². The van der Waals surface area contributed by atoms with Gasteiger partial charge in [-0.25, -0.2) is 0 Å². The van der Waals surface area contributed by atoms with E-state index < -0.39 is 0 Å². The van der Waals surface area contributed by atoms with E-state index in [0.717, 1.165) is 26.1 Å². The zero-order valence-electron chi connectivity index (χ0n) is 12.8. The molecular weight excluding hydrogens is 236 g/mol. The van der Waals surface area contributed by atoms with Crippen LogP contribution in [0.15, 0.2) is 12.4 Å². The average molecular weight is 264 g/mol. The van der Waals surface area contributed by atoms with Gasteiger partial charge in [0.25, 0.3) is 0 Å². The summed E-state index contributed by atoms with van der Waals surface area (Å²) in [4.78, 5) is 2.66. The fourth-order valence-corrected chi connectivity index (χ4v) is 2.97. The zero-order valence-corrected chi connectivity index (χ0v) is 12.8. The van der Waals surface area contributed by atoms with Gasteiger partial charge in [0.1, 0.15) is 0 Å². The number of hydrogen-bond donors (Lipinski definition) is 1. The molecule has 4 nitrogen and oxygen atoms in total. The van der Waals surface area contributed by atoms with E-state index in [2.05, 4.69) is 42.3 Å². The summed E-state index contributed by atoms with van der Waals surface area (Å²) in [5.74, 6) is 0. The first-order chi connectivity index (χ1) is 9.00. The Kier molecular flexibility index (Phi) is 4.63. The van der Waals surface area contributed by atoms with Gasteiger partial charge in [0.05, 0.1) is 6.20 Å². The van der Waals surface area contributed by atoms with Gasteiger partial charge in [-0.3, -0.25) is 9.58 Å². The molecule has 1 aromatic heterocycles. The van der Waals surface area contributed by atoms with Gasteiger partial charge in [0.2, 0.25) is 0 Å². The van der Waals surface area contributed by atoms with Gasteiger partial charge in [-0.2, -0.15) is 5.10 Å². The van der Waals surface area contributed by atoms with Gasteiger partial charge in [-0.05, 0) is 32.3 Å². The number of nitrogens with one attached hydrogen (secondary N) is 1. The minimum atomic E-state index is 0.235. The van der Waals surface area contributed by atoms with Gasteiger partial charge in [0.15, 0.2) is 0 Å². The highest BCUT2D eigenvalue weighted by Gasteiger charge is 2.31.